The Balaban J connectivity index is 2.24. The Hall–Kier alpha value is -0.830. The van der Waals surface area contributed by atoms with E-state index in [1.165, 1.54) is 6.42 Å². The zero-order valence-corrected chi connectivity index (χ0v) is 8.75. The largest absolute Gasteiger partial charge is 0.334 e. The lowest BCUT2D eigenvalue weighted by Gasteiger charge is -2.11. The molecule has 0 bridgehead atoms. The first-order valence-electron chi connectivity index (χ1n) is 4.95. The van der Waals surface area contributed by atoms with Gasteiger partial charge in [0.15, 0.2) is 0 Å². The van der Waals surface area contributed by atoms with Crippen LogP contribution in [0.2, 0.25) is 0 Å². The number of nitrogens with zero attached hydrogens (tertiary/aromatic N) is 2. The second-order valence-corrected chi connectivity index (χ2v) is 3.43. The van der Waals surface area contributed by atoms with Crippen LogP contribution in [0, 0.1) is 6.92 Å². The number of aryl methyl sites for hydroxylation is 1. The SMILES string of the molecule is CCC(C)NCCn1ccnc1C. The van der Waals surface area contributed by atoms with Crippen LogP contribution < -0.4 is 5.32 Å². The summed E-state index contributed by atoms with van der Waals surface area (Å²) in [6.07, 6.45) is 5.05. The molecule has 0 radical (unpaired) electrons. The van der Waals surface area contributed by atoms with Gasteiger partial charge in [0.25, 0.3) is 0 Å². The van der Waals surface area contributed by atoms with Crippen LogP contribution in [0.1, 0.15) is 26.1 Å². The van der Waals surface area contributed by atoms with E-state index in [1.54, 1.807) is 0 Å². The summed E-state index contributed by atoms with van der Waals surface area (Å²) in [7, 11) is 0. The maximum Gasteiger partial charge on any atom is 0.105 e. The minimum Gasteiger partial charge on any atom is -0.334 e. The normalized spacial score (nSPS) is 13.2. The number of nitrogens with one attached hydrogen (secondary N) is 1. The van der Waals surface area contributed by atoms with Crippen molar-refractivity contribution in [3.05, 3.63) is 18.2 Å². The summed E-state index contributed by atoms with van der Waals surface area (Å²) >= 11 is 0. The molecule has 0 aliphatic heterocycles. The number of hydrogen-bond donors (Lipinski definition) is 1. The predicted octanol–water partition coefficient (Wildman–Crippen LogP) is 1.58. The summed E-state index contributed by atoms with van der Waals surface area (Å²) in [4.78, 5) is 4.17. The zero-order chi connectivity index (χ0) is 9.68. The smallest absolute Gasteiger partial charge is 0.105 e. The van der Waals surface area contributed by atoms with E-state index in [4.69, 9.17) is 0 Å². The van der Waals surface area contributed by atoms with E-state index in [0.29, 0.717) is 6.04 Å². The highest BCUT2D eigenvalue weighted by Crippen LogP contribution is 1.94. The minimum absolute atomic E-state index is 0.615. The van der Waals surface area contributed by atoms with Crippen LogP contribution in [0.4, 0.5) is 0 Å². The molecular formula is C10H19N3. The van der Waals surface area contributed by atoms with Gasteiger partial charge in [-0.25, -0.2) is 4.98 Å². The molecule has 1 aromatic heterocycles. The molecule has 3 heteroatoms. The molecule has 74 valence electrons. The highest BCUT2D eigenvalue weighted by molar-refractivity contribution is 4.88. The summed E-state index contributed by atoms with van der Waals surface area (Å²) in [5, 5.41) is 3.45. The Kier molecular flexibility index (Phi) is 3.96. The van der Waals surface area contributed by atoms with Crippen LogP contribution in [0.25, 0.3) is 0 Å². The number of hydrogen-bond acceptors (Lipinski definition) is 2. The molecule has 13 heavy (non-hydrogen) atoms. The van der Waals surface area contributed by atoms with E-state index in [2.05, 4.69) is 28.7 Å². The second kappa shape index (κ2) is 5.02. The topological polar surface area (TPSA) is 29.9 Å². The van der Waals surface area contributed by atoms with Crippen molar-refractivity contribution < 1.29 is 0 Å². The van der Waals surface area contributed by atoms with Gasteiger partial charge in [-0.3, -0.25) is 0 Å². The molecule has 1 N–H and O–H groups in total. The van der Waals surface area contributed by atoms with Crippen LogP contribution in [0.15, 0.2) is 12.4 Å². The summed E-state index contributed by atoms with van der Waals surface area (Å²) in [6, 6.07) is 0.615. The van der Waals surface area contributed by atoms with Gasteiger partial charge in [-0.15, -0.1) is 0 Å². The van der Waals surface area contributed by atoms with Gasteiger partial charge in [0, 0.05) is 31.5 Å². The van der Waals surface area contributed by atoms with Crippen LogP contribution >= 0.6 is 0 Å². The first-order chi connectivity index (χ1) is 6.24. The van der Waals surface area contributed by atoms with Gasteiger partial charge >= 0.3 is 0 Å². The summed E-state index contributed by atoms with van der Waals surface area (Å²) in [6.45, 7) is 8.46. The van der Waals surface area contributed by atoms with Gasteiger partial charge in [0.05, 0.1) is 0 Å². The molecule has 1 atom stereocenters. The lowest BCUT2D eigenvalue weighted by atomic mass is 10.2. The van der Waals surface area contributed by atoms with E-state index in [1.807, 2.05) is 19.3 Å². The van der Waals surface area contributed by atoms with E-state index in [-0.39, 0.29) is 0 Å². The van der Waals surface area contributed by atoms with Crippen LogP contribution in [0.3, 0.4) is 0 Å². The number of aromatic nitrogens is 2. The van der Waals surface area contributed by atoms with Crippen LogP contribution in [0.5, 0.6) is 0 Å². The zero-order valence-electron chi connectivity index (χ0n) is 8.75. The van der Waals surface area contributed by atoms with Gasteiger partial charge in [0.2, 0.25) is 0 Å². The van der Waals surface area contributed by atoms with Gasteiger partial charge in [0.1, 0.15) is 5.82 Å². The third-order valence-electron chi connectivity index (χ3n) is 2.38. The Bertz CT molecular complexity index is 242. The van der Waals surface area contributed by atoms with E-state index >= 15 is 0 Å². The van der Waals surface area contributed by atoms with E-state index in [9.17, 15) is 0 Å². The monoisotopic (exact) mass is 181 g/mol. The van der Waals surface area contributed by atoms with Gasteiger partial charge in [-0.2, -0.15) is 0 Å². The standard InChI is InChI=1S/C10H19N3/c1-4-9(2)11-5-7-13-8-6-12-10(13)3/h6,8-9,11H,4-5,7H2,1-3H3. The third kappa shape index (κ3) is 3.19. The maximum atomic E-state index is 4.17. The summed E-state index contributed by atoms with van der Waals surface area (Å²) in [5.41, 5.74) is 0. The molecule has 1 unspecified atom stereocenters. The molecule has 0 saturated carbocycles. The number of rotatable bonds is 5. The van der Waals surface area contributed by atoms with Gasteiger partial charge in [-0.05, 0) is 20.3 Å². The van der Waals surface area contributed by atoms with Crippen molar-refractivity contribution in [1.82, 2.24) is 14.9 Å². The fraction of sp³-hybridized carbons (Fsp3) is 0.700. The Labute approximate surface area is 80.2 Å². The average molecular weight is 181 g/mol. The Morgan fingerprint density at radius 3 is 2.92 bits per heavy atom. The fourth-order valence-electron chi connectivity index (χ4n) is 1.22. The molecule has 0 amide bonds. The molecule has 0 spiro atoms. The molecule has 1 rings (SSSR count). The predicted molar refractivity (Wildman–Crippen MR) is 54.7 cm³/mol. The lowest BCUT2D eigenvalue weighted by Crippen LogP contribution is -2.28. The molecule has 0 saturated heterocycles. The molecule has 0 aliphatic carbocycles. The van der Waals surface area contributed by atoms with Crippen LogP contribution in [-0.4, -0.2) is 22.1 Å². The fourth-order valence-corrected chi connectivity index (χ4v) is 1.22. The van der Waals surface area contributed by atoms with E-state index < -0.39 is 0 Å². The summed E-state index contributed by atoms with van der Waals surface area (Å²) in [5.74, 6) is 1.09. The molecule has 3 nitrogen and oxygen atoms in total. The molecule has 1 heterocycles. The molecule has 0 aliphatic rings. The van der Waals surface area contributed by atoms with Crippen molar-refractivity contribution in [3.8, 4) is 0 Å². The third-order valence-corrected chi connectivity index (χ3v) is 2.38. The Morgan fingerprint density at radius 1 is 1.62 bits per heavy atom. The molecule has 0 aromatic carbocycles. The second-order valence-electron chi connectivity index (χ2n) is 3.43. The lowest BCUT2D eigenvalue weighted by molar-refractivity contribution is 0.501. The molecule has 0 fully saturated rings. The van der Waals surface area contributed by atoms with Crippen LogP contribution in [-0.2, 0) is 6.54 Å². The minimum atomic E-state index is 0.615. The molecular weight excluding hydrogens is 162 g/mol. The first-order valence-corrected chi connectivity index (χ1v) is 4.95. The van der Waals surface area contributed by atoms with E-state index in [0.717, 1.165) is 18.9 Å². The van der Waals surface area contributed by atoms with Crippen molar-refractivity contribution >= 4 is 0 Å². The first kappa shape index (κ1) is 10.3. The Morgan fingerprint density at radius 2 is 2.38 bits per heavy atom. The van der Waals surface area contributed by atoms with Crippen molar-refractivity contribution in [1.29, 1.82) is 0 Å². The highest BCUT2D eigenvalue weighted by Gasteiger charge is 1.98. The van der Waals surface area contributed by atoms with Crippen molar-refractivity contribution in [3.63, 3.8) is 0 Å². The quantitative estimate of drug-likeness (QED) is 0.747. The average Bonchev–Trinajstić information content (AvgIpc) is 2.52. The maximum absolute atomic E-state index is 4.17. The van der Waals surface area contributed by atoms with Crippen molar-refractivity contribution in [2.45, 2.75) is 39.8 Å². The van der Waals surface area contributed by atoms with Gasteiger partial charge in [-0.1, -0.05) is 6.92 Å². The van der Waals surface area contributed by atoms with Crippen molar-refractivity contribution in [2.75, 3.05) is 6.54 Å². The molecule has 1 aromatic rings. The van der Waals surface area contributed by atoms with Crippen molar-refractivity contribution in [2.24, 2.45) is 0 Å². The van der Waals surface area contributed by atoms with Gasteiger partial charge < -0.3 is 9.88 Å². The number of imidazole rings is 1. The highest BCUT2D eigenvalue weighted by atomic mass is 15.1. The summed E-state index contributed by atoms with van der Waals surface area (Å²) < 4.78 is 2.16.